The molecule has 0 aliphatic rings. The molecule has 0 aliphatic carbocycles. The summed E-state index contributed by atoms with van der Waals surface area (Å²) in [5.74, 6) is 2.03. The van der Waals surface area contributed by atoms with E-state index in [0.29, 0.717) is 17.5 Å². The minimum atomic E-state index is 0.660. The number of benzene rings is 2. The van der Waals surface area contributed by atoms with E-state index >= 15 is 0 Å². The number of nitrogens with zero attached hydrogens (tertiary/aromatic N) is 4. The van der Waals surface area contributed by atoms with Gasteiger partial charge in [-0.05, 0) is 19.1 Å². The topological polar surface area (TPSA) is 51.6 Å². The zero-order valence-corrected chi connectivity index (χ0v) is 13.8. The molecule has 0 unspecified atom stereocenters. The number of hydrogen-bond donors (Lipinski definition) is 0. The van der Waals surface area contributed by atoms with Crippen LogP contribution in [0.15, 0.2) is 79.0 Å². The largest absolute Gasteiger partial charge is 0.256 e. The van der Waals surface area contributed by atoms with Gasteiger partial charge in [0.05, 0.1) is 5.69 Å². The average Bonchev–Trinajstić information content (AvgIpc) is 2.69. The molecule has 0 fully saturated rings. The molecule has 0 saturated heterocycles. The minimum absolute atomic E-state index is 0.660. The third-order valence-corrected chi connectivity index (χ3v) is 3.89. The van der Waals surface area contributed by atoms with E-state index in [2.05, 4.69) is 15.0 Å². The number of pyridine rings is 1. The molecule has 0 N–H and O–H groups in total. The summed E-state index contributed by atoms with van der Waals surface area (Å²) in [6.07, 6.45) is 1.79. The first-order chi connectivity index (χ1) is 12.3. The standard InChI is InChI=1S/C21H16N4/c1-15-23-20(16-9-3-2-4-10-16)25-21(24-15)18-12-6-5-11-17(18)19-13-7-8-14-22-19/h2-14H,1H3. The van der Waals surface area contributed by atoms with Gasteiger partial charge >= 0.3 is 0 Å². The summed E-state index contributed by atoms with van der Waals surface area (Å²) in [5.41, 5.74) is 3.83. The van der Waals surface area contributed by atoms with Crippen molar-refractivity contribution in [1.82, 2.24) is 19.9 Å². The lowest BCUT2D eigenvalue weighted by atomic mass is 10.0. The third-order valence-electron chi connectivity index (χ3n) is 3.89. The molecule has 0 radical (unpaired) electrons. The monoisotopic (exact) mass is 324 g/mol. The van der Waals surface area contributed by atoms with Crippen LogP contribution in [-0.2, 0) is 0 Å². The Morgan fingerprint density at radius 2 is 1.28 bits per heavy atom. The van der Waals surface area contributed by atoms with Gasteiger partial charge in [-0.25, -0.2) is 15.0 Å². The Morgan fingerprint density at radius 3 is 2.04 bits per heavy atom. The van der Waals surface area contributed by atoms with Crippen molar-refractivity contribution in [1.29, 1.82) is 0 Å². The van der Waals surface area contributed by atoms with Gasteiger partial charge in [0.2, 0.25) is 0 Å². The Labute approximate surface area is 146 Å². The second-order valence-electron chi connectivity index (χ2n) is 5.66. The number of aromatic nitrogens is 4. The molecule has 2 aromatic heterocycles. The van der Waals surface area contributed by atoms with Crippen LogP contribution >= 0.6 is 0 Å². The van der Waals surface area contributed by atoms with Crippen molar-refractivity contribution < 1.29 is 0 Å². The van der Waals surface area contributed by atoms with Gasteiger partial charge in [-0.1, -0.05) is 60.7 Å². The third kappa shape index (κ3) is 3.15. The van der Waals surface area contributed by atoms with Gasteiger partial charge in [-0.2, -0.15) is 0 Å². The lowest BCUT2D eigenvalue weighted by molar-refractivity contribution is 0.992. The lowest BCUT2D eigenvalue weighted by Gasteiger charge is -2.10. The number of rotatable bonds is 3. The maximum Gasteiger partial charge on any atom is 0.164 e. The van der Waals surface area contributed by atoms with Gasteiger partial charge in [0, 0.05) is 22.9 Å². The lowest BCUT2D eigenvalue weighted by Crippen LogP contribution is -2.00. The van der Waals surface area contributed by atoms with Crippen molar-refractivity contribution in [2.75, 3.05) is 0 Å². The van der Waals surface area contributed by atoms with Crippen LogP contribution in [0.4, 0.5) is 0 Å². The van der Waals surface area contributed by atoms with Crippen LogP contribution in [0.25, 0.3) is 34.0 Å². The summed E-state index contributed by atoms with van der Waals surface area (Å²) in [6.45, 7) is 1.89. The van der Waals surface area contributed by atoms with Crippen molar-refractivity contribution >= 4 is 0 Å². The fourth-order valence-electron chi connectivity index (χ4n) is 2.74. The molecule has 4 nitrogen and oxygen atoms in total. The van der Waals surface area contributed by atoms with Crippen LogP contribution < -0.4 is 0 Å². The molecule has 2 heterocycles. The summed E-state index contributed by atoms with van der Waals surface area (Å²) < 4.78 is 0. The Kier molecular flexibility index (Phi) is 4.01. The fraction of sp³-hybridized carbons (Fsp3) is 0.0476. The SMILES string of the molecule is Cc1nc(-c2ccccc2)nc(-c2ccccc2-c2ccccn2)n1. The average molecular weight is 324 g/mol. The molecule has 120 valence electrons. The minimum Gasteiger partial charge on any atom is -0.256 e. The van der Waals surface area contributed by atoms with E-state index < -0.39 is 0 Å². The summed E-state index contributed by atoms with van der Waals surface area (Å²) >= 11 is 0. The van der Waals surface area contributed by atoms with E-state index in [1.807, 2.05) is 79.7 Å². The smallest absolute Gasteiger partial charge is 0.164 e. The highest BCUT2D eigenvalue weighted by atomic mass is 15.0. The molecule has 0 saturated carbocycles. The van der Waals surface area contributed by atoms with Gasteiger partial charge in [0.15, 0.2) is 11.6 Å². The summed E-state index contributed by atoms with van der Waals surface area (Å²) in [6, 6.07) is 23.9. The van der Waals surface area contributed by atoms with Crippen LogP contribution in [0.1, 0.15) is 5.82 Å². The molecule has 4 heteroatoms. The van der Waals surface area contributed by atoms with E-state index in [9.17, 15) is 0 Å². The zero-order valence-electron chi connectivity index (χ0n) is 13.8. The fourth-order valence-corrected chi connectivity index (χ4v) is 2.74. The second-order valence-corrected chi connectivity index (χ2v) is 5.66. The maximum atomic E-state index is 4.71. The highest BCUT2D eigenvalue weighted by molar-refractivity contribution is 5.79. The number of aryl methyl sites for hydroxylation is 1. The molecule has 0 aliphatic heterocycles. The van der Waals surface area contributed by atoms with Crippen molar-refractivity contribution in [2.24, 2.45) is 0 Å². The zero-order chi connectivity index (χ0) is 17.1. The molecular weight excluding hydrogens is 308 g/mol. The summed E-state index contributed by atoms with van der Waals surface area (Å²) in [5, 5.41) is 0. The molecule has 25 heavy (non-hydrogen) atoms. The van der Waals surface area contributed by atoms with E-state index in [1.54, 1.807) is 6.20 Å². The van der Waals surface area contributed by atoms with Crippen LogP contribution in [0.2, 0.25) is 0 Å². The first-order valence-electron chi connectivity index (χ1n) is 8.10. The van der Waals surface area contributed by atoms with E-state index in [1.165, 1.54) is 0 Å². The summed E-state index contributed by atoms with van der Waals surface area (Å²) in [7, 11) is 0. The molecular formula is C21H16N4. The summed E-state index contributed by atoms with van der Waals surface area (Å²) in [4.78, 5) is 18.2. The van der Waals surface area contributed by atoms with Gasteiger partial charge in [-0.3, -0.25) is 4.98 Å². The number of hydrogen-bond acceptors (Lipinski definition) is 4. The predicted molar refractivity (Wildman–Crippen MR) is 98.7 cm³/mol. The molecule has 0 amide bonds. The van der Waals surface area contributed by atoms with Crippen LogP contribution in [0, 0.1) is 6.92 Å². The van der Waals surface area contributed by atoms with Gasteiger partial charge in [-0.15, -0.1) is 0 Å². The van der Waals surface area contributed by atoms with Gasteiger partial charge in [0.1, 0.15) is 5.82 Å². The Bertz CT molecular complexity index is 999. The normalized spacial score (nSPS) is 10.6. The highest BCUT2D eigenvalue weighted by Gasteiger charge is 2.13. The van der Waals surface area contributed by atoms with Gasteiger partial charge in [0.25, 0.3) is 0 Å². The molecule has 4 aromatic rings. The Balaban J connectivity index is 1.88. The van der Waals surface area contributed by atoms with E-state index in [0.717, 1.165) is 22.4 Å². The quantitative estimate of drug-likeness (QED) is 0.553. The van der Waals surface area contributed by atoms with E-state index in [4.69, 9.17) is 4.98 Å². The maximum absolute atomic E-state index is 4.71. The Hall–Kier alpha value is -3.40. The second kappa shape index (κ2) is 6.61. The van der Waals surface area contributed by atoms with Crippen molar-refractivity contribution in [3.63, 3.8) is 0 Å². The van der Waals surface area contributed by atoms with Crippen LogP contribution in [0.3, 0.4) is 0 Å². The molecule has 0 bridgehead atoms. The van der Waals surface area contributed by atoms with Crippen LogP contribution in [0.5, 0.6) is 0 Å². The van der Waals surface area contributed by atoms with Gasteiger partial charge < -0.3 is 0 Å². The van der Waals surface area contributed by atoms with Crippen molar-refractivity contribution in [2.45, 2.75) is 6.92 Å². The molecule has 2 aromatic carbocycles. The van der Waals surface area contributed by atoms with E-state index in [-0.39, 0.29) is 0 Å². The van der Waals surface area contributed by atoms with Crippen molar-refractivity contribution in [3.05, 3.63) is 84.8 Å². The Morgan fingerprint density at radius 1 is 0.600 bits per heavy atom. The first kappa shape index (κ1) is 15.1. The van der Waals surface area contributed by atoms with Crippen molar-refractivity contribution in [3.8, 4) is 34.0 Å². The van der Waals surface area contributed by atoms with Crippen LogP contribution in [-0.4, -0.2) is 19.9 Å². The highest BCUT2D eigenvalue weighted by Crippen LogP contribution is 2.29. The molecule has 4 rings (SSSR count). The first-order valence-corrected chi connectivity index (χ1v) is 8.10. The molecule has 0 atom stereocenters. The predicted octanol–water partition coefficient (Wildman–Crippen LogP) is 4.58. The molecule has 0 spiro atoms.